The minimum atomic E-state index is -4.56. The van der Waals surface area contributed by atoms with Crippen molar-refractivity contribution in [3.05, 3.63) is 30.2 Å². The number of thiazole rings is 1. The summed E-state index contributed by atoms with van der Waals surface area (Å²) < 4.78 is 42.1. The van der Waals surface area contributed by atoms with Crippen LogP contribution in [0.25, 0.3) is 10.6 Å². The average Bonchev–Trinajstić information content (AvgIpc) is 2.74. The molecule has 8 heteroatoms. The first-order valence-electron chi connectivity index (χ1n) is 4.32. The number of aromatic nitrogens is 2. The minimum Gasteiger partial charge on any atom is -0.416 e. The highest BCUT2D eigenvalue weighted by Crippen LogP contribution is 2.42. The van der Waals surface area contributed by atoms with E-state index in [9.17, 15) is 13.2 Å². The van der Waals surface area contributed by atoms with Crippen molar-refractivity contribution >= 4 is 24.2 Å². The summed E-state index contributed by atoms with van der Waals surface area (Å²) in [6.45, 7) is 0. The second-order valence-electron chi connectivity index (χ2n) is 2.99. The Labute approximate surface area is 104 Å². The SMILES string of the molecule is FC(F)(F)c1nc(-c2cccnc2)sc1OS. The van der Waals surface area contributed by atoms with Crippen molar-refractivity contribution in [2.75, 3.05) is 0 Å². The molecule has 3 nitrogen and oxygen atoms in total. The summed E-state index contributed by atoms with van der Waals surface area (Å²) in [6.07, 6.45) is -1.60. The van der Waals surface area contributed by atoms with E-state index in [1.165, 1.54) is 12.4 Å². The number of pyridine rings is 1. The van der Waals surface area contributed by atoms with Crippen LogP contribution in [0.15, 0.2) is 24.5 Å². The van der Waals surface area contributed by atoms with Gasteiger partial charge in [0.2, 0.25) is 5.06 Å². The molecule has 0 N–H and O–H groups in total. The van der Waals surface area contributed by atoms with Gasteiger partial charge < -0.3 is 4.18 Å². The Morgan fingerprint density at radius 1 is 1.35 bits per heavy atom. The molecule has 0 atom stereocenters. The summed E-state index contributed by atoms with van der Waals surface area (Å²) in [4.78, 5) is 7.32. The zero-order chi connectivity index (χ0) is 12.5. The molecular formula is C9H5F3N2OS2. The van der Waals surface area contributed by atoms with Crippen LogP contribution in [0.1, 0.15) is 5.69 Å². The van der Waals surface area contributed by atoms with Gasteiger partial charge in [-0.15, -0.1) is 0 Å². The van der Waals surface area contributed by atoms with Crippen LogP contribution in [0.2, 0.25) is 0 Å². The second kappa shape index (κ2) is 4.53. The number of alkyl halides is 3. The largest absolute Gasteiger partial charge is 0.438 e. The average molecular weight is 278 g/mol. The fraction of sp³-hybridized carbons (Fsp3) is 0.111. The fourth-order valence-electron chi connectivity index (χ4n) is 1.16. The Morgan fingerprint density at radius 2 is 2.12 bits per heavy atom. The standard InChI is InChI=1S/C9H5F3N2OS2/c10-9(11,12)6-8(15-16)17-7(14-6)5-2-1-3-13-4-5/h1-4,16H. The molecule has 0 aliphatic rings. The van der Waals surface area contributed by atoms with E-state index in [0.29, 0.717) is 5.56 Å². The molecule has 2 aromatic rings. The van der Waals surface area contributed by atoms with Gasteiger partial charge in [0.1, 0.15) is 5.01 Å². The maximum absolute atomic E-state index is 12.6. The van der Waals surface area contributed by atoms with Gasteiger partial charge in [0.25, 0.3) is 0 Å². The number of rotatable bonds is 2. The Balaban J connectivity index is 2.49. The van der Waals surface area contributed by atoms with Gasteiger partial charge >= 0.3 is 6.18 Å². The van der Waals surface area contributed by atoms with Crippen molar-refractivity contribution in [3.63, 3.8) is 0 Å². The molecule has 0 aliphatic carbocycles. The van der Waals surface area contributed by atoms with Crippen molar-refractivity contribution in [1.82, 2.24) is 9.97 Å². The third-order valence-electron chi connectivity index (χ3n) is 1.86. The molecule has 0 aromatic carbocycles. The van der Waals surface area contributed by atoms with Crippen molar-refractivity contribution < 1.29 is 17.4 Å². The van der Waals surface area contributed by atoms with E-state index in [0.717, 1.165) is 11.3 Å². The van der Waals surface area contributed by atoms with Crippen LogP contribution in [0.5, 0.6) is 5.06 Å². The topological polar surface area (TPSA) is 35.0 Å². The predicted octanol–water partition coefficient (Wildman–Crippen LogP) is 3.45. The third kappa shape index (κ3) is 2.52. The van der Waals surface area contributed by atoms with Gasteiger partial charge in [0.15, 0.2) is 5.69 Å². The second-order valence-corrected chi connectivity index (χ2v) is 4.13. The summed E-state index contributed by atoms with van der Waals surface area (Å²) in [7, 11) is 0. The highest BCUT2D eigenvalue weighted by Gasteiger charge is 2.38. The van der Waals surface area contributed by atoms with E-state index in [1.54, 1.807) is 12.1 Å². The lowest BCUT2D eigenvalue weighted by atomic mass is 10.3. The summed E-state index contributed by atoms with van der Waals surface area (Å²) >= 11 is 4.16. The quantitative estimate of drug-likeness (QED) is 0.675. The molecule has 17 heavy (non-hydrogen) atoms. The molecule has 0 amide bonds. The van der Waals surface area contributed by atoms with Gasteiger partial charge in [-0.2, -0.15) is 13.2 Å². The van der Waals surface area contributed by atoms with E-state index in [1.807, 2.05) is 0 Å². The van der Waals surface area contributed by atoms with Gasteiger partial charge in [-0.25, -0.2) is 4.98 Å². The van der Waals surface area contributed by atoms with Gasteiger partial charge in [-0.3, -0.25) is 4.98 Å². The lowest BCUT2D eigenvalue weighted by Gasteiger charge is -2.02. The van der Waals surface area contributed by atoms with Gasteiger partial charge in [-0.05, 0) is 12.1 Å². The van der Waals surface area contributed by atoms with Crippen LogP contribution >= 0.6 is 24.2 Å². The molecule has 0 fully saturated rings. The highest BCUT2D eigenvalue weighted by atomic mass is 32.1. The Hall–Kier alpha value is -1.28. The van der Waals surface area contributed by atoms with E-state index < -0.39 is 11.9 Å². The maximum atomic E-state index is 12.6. The van der Waals surface area contributed by atoms with Gasteiger partial charge in [0.05, 0.1) is 0 Å². The van der Waals surface area contributed by atoms with Gasteiger partial charge in [0, 0.05) is 30.9 Å². The normalized spacial score (nSPS) is 11.5. The first-order chi connectivity index (χ1) is 8.02. The first-order valence-corrected chi connectivity index (χ1v) is 5.50. The Kier molecular flexibility index (Phi) is 3.25. The number of nitrogens with zero attached hydrogens (tertiary/aromatic N) is 2. The molecule has 2 heterocycles. The Bertz CT molecular complexity index is 513. The van der Waals surface area contributed by atoms with Crippen LogP contribution in [-0.2, 0) is 6.18 Å². The maximum Gasteiger partial charge on any atom is 0.438 e. The third-order valence-corrected chi connectivity index (χ3v) is 3.14. The summed E-state index contributed by atoms with van der Waals surface area (Å²) in [5, 5.41) is -0.186. The molecule has 0 radical (unpaired) electrons. The van der Waals surface area contributed by atoms with Crippen molar-refractivity contribution in [3.8, 4) is 15.6 Å². The monoisotopic (exact) mass is 278 g/mol. The molecule has 0 saturated heterocycles. The van der Waals surface area contributed by atoms with E-state index >= 15 is 0 Å². The zero-order valence-electron chi connectivity index (χ0n) is 8.10. The van der Waals surface area contributed by atoms with E-state index in [-0.39, 0.29) is 10.1 Å². The Morgan fingerprint density at radius 3 is 2.59 bits per heavy atom. The van der Waals surface area contributed by atoms with Crippen LogP contribution in [-0.4, -0.2) is 9.97 Å². The van der Waals surface area contributed by atoms with E-state index in [4.69, 9.17) is 0 Å². The number of hydrogen-bond acceptors (Lipinski definition) is 5. The highest BCUT2D eigenvalue weighted by molar-refractivity contribution is 7.75. The zero-order valence-corrected chi connectivity index (χ0v) is 9.81. The molecule has 0 bridgehead atoms. The lowest BCUT2D eigenvalue weighted by molar-refractivity contribution is -0.141. The molecular weight excluding hydrogens is 273 g/mol. The molecule has 0 unspecified atom stereocenters. The summed E-state index contributed by atoms with van der Waals surface area (Å²) in [5.41, 5.74) is -0.573. The van der Waals surface area contributed by atoms with Crippen LogP contribution in [0.4, 0.5) is 13.2 Å². The molecule has 2 rings (SSSR count). The molecule has 2 aromatic heterocycles. The summed E-state index contributed by atoms with van der Waals surface area (Å²) in [6, 6.07) is 3.24. The van der Waals surface area contributed by atoms with Crippen LogP contribution in [0.3, 0.4) is 0 Å². The molecule has 90 valence electrons. The number of halogens is 3. The fourth-order valence-corrected chi connectivity index (χ4v) is 2.20. The molecule has 0 saturated carbocycles. The minimum absolute atomic E-state index is 0.189. The number of hydrogen-bond donors (Lipinski definition) is 1. The van der Waals surface area contributed by atoms with Gasteiger partial charge in [-0.1, -0.05) is 11.3 Å². The van der Waals surface area contributed by atoms with Crippen molar-refractivity contribution in [2.24, 2.45) is 0 Å². The molecule has 0 aliphatic heterocycles. The smallest absolute Gasteiger partial charge is 0.416 e. The van der Waals surface area contributed by atoms with Crippen molar-refractivity contribution in [2.45, 2.75) is 6.18 Å². The van der Waals surface area contributed by atoms with Crippen LogP contribution in [0, 0.1) is 0 Å². The predicted molar refractivity (Wildman–Crippen MR) is 60.0 cm³/mol. The first kappa shape index (κ1) is 12.2. The van der Waals surface area contributed by atoms with Crippen molar-refractivity contribution in [1.29, 1.82) is 0 Å². The molecule has 0 spiro atoms. The summed E-state index contributed by atoms with van der Waals surface area (Å²) in [5.74, 6) is 0. The van der Waals surface area contributed by atoms with Crippen LogP contribution < -0.4 is 4.18 Å². The van der Waals surface area contributed by atoms with E-state index in [2.05, 4.69) is 27.1 Å². The lowest BCUT2D eigenvalue weighted by Crippen LogP contribution is -2.06. The number of thiol groups is 1.